The molecule has 0 spiro atoms. The van der Waals surface area contributed by atoms with Gasteiger partial charge in [0.05, 0.1) is 10.6 Å². The van der Waals surface area contributed by atoms with Crippen molar-refractivity contribution in [2.75, 3.05) is 41.9 Å². The Bertz CT molecular complexity index is 1100. The first-order valence-electron chi connectivity index (χ1n) is 9.59. The Balaban J connectivity index is 1.50. The third kappa shape index (κ3) is 4.44. The minimum atomic E-state index is -3.77. The van der Waals surface area contributed by atoms with Crippen molar-refractivity contribution >= 4 is 62.1 Å². The summed E-state index contributed by atoms with van der Waals surface area (Å²) in [6.45, 7) is 2.32. The molecule has 11 heteroatoms. The number of halogens is 4. The Morgan fingerprint density at radius 1 is 0.935 bits per heavy atom. The van der Waals surface area contributed by atoms with E-state index in [9.17, 15) is 17.6 Å². The van der Waals surface area contributed by atoms with E-state index in [4.69, 9.17) is 34.8 Å². The maximum atomic E-state index is 13.2. The molecular weight excluding hydrogens is 488 g/mol. The summed E-state index contributed by atoms with van der Waals surface area (Å²) in [6, 6.07) is 10.5. The number of nitrogens with zero attached hydrogens (tertiary/aromatic N) is 3. The lowest BCUT2D eigenvalue weighted by atomic mass is 10.1. The van der Waals surface area contributed by atoms with E-state index in [0.717, 1.165) is 23.4 Å². The highest BCUT2D eigenvalue weighted by atomic mass is 35.6. The van der Waals surface area contributed by atoms with Gasteiger partial charge in [-0.05, 0) is 54.4 Å². The number of hydrogen-bond donors (Lipinski definition) is 0. The molecule has 0 unspecified atom stereocenters. The van der Waals surface area contributed by atoms with Crippen LogP contribution in [0, 0.1) is 5.82 Å². The van der Waals surface area contributed by atoms with Crippen molar-refractivity contribution in [3.8, 4) is 0 Å². The number of amides is 1. The smallest absolute Gasteiger partial charge is 0.274 e. The molecule has 4 rings (SSSR count). The van der Waals surface area contributed by atoms with Crippen LogP contribution in [-0.4, -0.2) is 55.7 Å². The predicted octanol–water partition coefficient (Wildman–Crippen LogP) is 3.60. The molecule has 1 saturated heterocycles. The Kier molecular flexibility index (Phi) is 6.02. The van der Waals surface area contributed by atoms with Gasteiger partial charge < -0.3 is 9.80 Å². The average Bonchev–Trinajstić information content (AvgIpc) is 3.17. The van der Waals surface area contributed by atoms with Crippen LogP contribution in [0.4, 0.5) is 15.8 Å². The van der Waals surface area contributed by atoms with Gasteiger partial charge in [0.15, 0.2) is 0 Å². The monoisotopic (exact) mass is 505 g/mol. The van der Waals surface area contributed by atoms with Gasteiger partial charge in [0.1, 0.15) is 5.82 Å². The molecule has 0 saturated carbocycles. The molecule has 0 aliphatic carbocycles. The van der Waals surface area contributed by atoms with Crippen molar-refractivity contribution < 1.29 is 17.6 Å². The zero-order chi connectivity index (χ0) is 22.4. The maximum Gasteiger partial charge on any atom is 0.274 e. The van der Waals surface area contributed by atoms with E-state index in [-0.39, 0.29) is 4.90 Å². The van der Waals surface area contributed by atoms with Crippen molar-refractivity contribution in [2.45, 2.75) is 15.1 Å². The third-order valence-corrected chi connectivity index (χ3v) is 7.80. The summed E-state index contributed by atoms with van der Waals surface area (Å²) >= 11 is 17.1. The second kappa shape index (κ2) is 8.31. The molecule has 1 fully saturated rings. The third-order valence-electron chi connectivity index (χ3n) is 5.49. The Morgan fingerprint density at radius 3 is 2.19 bits per heavy atom. The van der Waals surface area contributed by atoms with Crippen LogP contribution in [0.5, 0.6) is 0 Å². The lowest BCUT2D eigenvalue weighted by Crippen LogP contribution is -2.51. The molecule has 6 nitrogen and oxygen atoms in total. The van der Waals surface area contributed by atoms with E-state index in [1.54, 1.807) is 6.07 Å². The first kappa shape index (κ1) is 22.5. The lowest BCUT2D eigenvalue weighted by molar-refractivity contribution is -0.130. The van der Waals surface area contributed by atoms with Gasteiger partial charge >= 0.3 is 0 Å². The zero-order valence-corrected chi connectivity index (χ0v) is 19.4. The highest BCUT2D eigenvalue weighted by molar-refractivity contribution is 7.92. The van der Waals surface area contributed by atoms with Gasteiger partial charge in [-0.25, -0.2) is 12.8 Å². The first-order valence-corrected chi connectivity index (χ1v) is 12.2. The number of piperazine rings is 1. The molecule has 0 aromatic heterocycles. The summed E-state index contributed by atoms with van der Waals surface area (Å²) in [4.78, 5) is 15.8. The molecule has 2 aliphatic rings. The van der Waals surface area contributed by atoms with E-state index in [1.807, 2.05) is 12.1 Å². The quantitative estimate of drug-likeness (QED) is 0.597. The highest BCUT2D eigenvalue weighted by Crippen LogP contribution is 2.36. The number of carbonyl (C=O) groups excluding carboxylic acids is 1. The molecule has 2 aromatic rings. The molecule has 2 heterocycles. The topological polar surface area (TPSA) is 60.9 Å². The number of carbonyl (C=O) groups is 1. The Morgan fingerprint density at radius 2 is 1.58 bits per heavy atom. The van der Waals surface area contributed by atoms with E-state index in [0.29, 0.717) is 44.8 Å². The highest BCUT2D eigenvalue weighted by Gasteiger charge is 2.37. The van der Waals surface area contributed by atoms with Gasteiger partial charge in [-0.2, -0.15) is 0 Å². The second-order valence-electron chi connectivity index (χ2n) is 7.37. The van der Waals surface area contributed by atoms with Crippen molar-refractivity contribution in [1.29, 1.82) is 0 Å². The molecular formula is C20H19Cl3FN3O3S. The van der Waals surface area contributed by atoms with Crippen LogP contribution in [-0.2, 0) is 21.2 Å². The number of anilines is 2. The van der Waals surface area contributed by atoms with E-state index in [2.05, 4.69) is 4.90 Å². The van der Waals surface area contributed by atoms with Gasteiger partial charge in [0, 0.05) is 38.4 Å². The summed E-state index contributed by atoms with van der Waals surface area (Å²) in [5, 5.41) is 0. The van der Waals surface area contributed by atoms with Crippen molar-refractivity contribution in [3.63, 3.8) is 0 Å². The number of hydrogen-bond acceptors (Lipinski definition) is 4. The first-order chi connectivity index (χ1) is 14.6. The molecule has 0 bridgehead atoms. The van der Waals surface area contributed by atoms with E-state index >= 15 is 0 Å². The summed E-state index contributed by atoms with van der Waals surface area (Å²) < 4.78 is 38.6. The lowest BCUT2D eigenvalue weighted by Gasteiger charge is -2.37. The molecule has 1 amide bonds. The van der Waals surface area contributed by atoms with Gasteiger partial charge in [0.25, 0.3) is 19.7 Å². The largest absolute Gasteiger partial charge is 0.368 e. The van der Waals surface area contributed by atoms with Crippen LogP contribution in [0.3, 0.4) is 0 Å². The molecule has 0 radical (unpaired) electrons. The van der Waals surface area contributed by atoms with E-state index in [1.165, 1.54) is 21.3 Å². The SMILES string of the molecule is O=C(N1CCN(c2ccc3c(c2)CCN3S(=O)(=O)c2ccc(F)cc2)CC1)C(Cl)(Cl)Cl. The minimum absolute atomic E-state index is 0.0561. The molecule has 31 heavy (non-hydrogen) atoms. The molecule has 0 atom stereocenters. The number of rotatable bonds is 3. The fourth-order valence-electron chi connectivity index (χ4n) is 3.89. The van der Waals surface area contributed by atoms with Gasteiger partial charge in [-0.15, -0.1) is 0 Å². The summed E-state index contributed by atoms with van der Waals surface area (Å²) in [5.74, 6) is -1.02. The molecule has 0 N–H and O–H groups in total. The predicted molar refractivity (Wildman–Crippen MR) is 120 cm³/mol. The van der Waals surface area contributed by atoms with Crippen LogP contribution in [0.15, 0.2) is 47.4 Å². The van der Waals surface area contributed by atoms with Gasteiger partial charge in [0.2, 0.25) is 0 Å². The minimum Gasteiger partial charge on any atom is -0.368 e. The van der Waals surface area contributed by atoms with Crippen LogP contribution >= 0.6 is 34.8 Å². The van der Waals surface area contributed by atoms with Crippen molar-refractivity contribution in [1.82, 2.24) is 4.90 Å². The van der Waals surface area contributed by atoms with Crippen molar-refractivity contribution in [2.24, 2.45) is 0 Å². The van der Waals surface area contributed by atoms with Gasteiger partial charge in [-0.1, -0.05) is 34.8 Å². The van der Waals surface area contributed by atoms with Crippen LogP contribution in [0.2, 0.25) is 0 Å². The standard InChI is InChI=1S/C20H19Cl3FN3O3S/c21-20(22,23)19(28)26-11-9-25(10-12-26)16-3-6-18-14(13-16)7-8-27(18)31(29,30)17-4-1-15(24)2-5-17/h1-6,13H,7-12H2. The number of alkyl halides is 3. The fourth-order valence-corrected chi connectivity index (χ4v) is 5.75. The van der Waals surface area contributed by atoms with Gasteiger partial charge in [-0.3, -0.25) is 9.10 Å². The van der Waals surface area contributed by atoms with E-state index < -0.39 is 25.5 Å². The van der Waals surface area contributed by atoms with Crippen LogP contribution < -0.4 is 9.21 Å². The molecule has 2 aliphatic heterocycles. The second-order valence-corrected chi connectivity index (χ2v) is 11.5. The molecule has 2 aromatic carbocycles. The van der Waals surface area contributed by atoms with Crippen LogP contribution in [0.1, 0.15) is 5.56 Å². The average molecular weight is 507 g/mol. The number of fused-ring (bicyclic) bond motifs is 1. The summed E-state index contributed by atoms with van der Waals surface area (Å²) in [7, 11) is -3.77. The maximum absolute atomic E-state index is 13.2. The van der Waals surface area contributed by atoms with Crippen LogP contribution in [0.25, 0.3) is 0 Å². The summed E-state index contributed by atoms with van der Waals surface area (Å²) in [6.07, 6.45) is 0.579. The number of sulfonamides is 1. The normalized spacial score (nSPS) is 17.1. The number of benzene rings is 2. The summed E-state index contributed by atoms with van der Waals surface area (Å²) in [5.41, 5.74) is 2.49. The fraction of sp³-hybridized carbons (Fsp3) is 0.350. The Hall–Kier alpha value is -1.74. The van der Waals surface area contributed by atoms with Crippen molar-refractivity contribution in [3.05, 3.63) is 53.8 Å². The zero-order valence-electron chi connectivity index (χ0n) is 16.3. The molecule has 166 valence electrons. The Labute approximate surface area is 195 Å².